The highest BCUT2D eigenvalue weighted by Gasteiger charge is 2.50. The molecule has 1 saturated heterocycles. The third kappa shape index (κ3) is 3.29. The SMILES string of the molecule is CN(C)C(=O)[C@H]1C[C@](F)(c2ccc(CN3CCCC3)c(Cl)c2Cl)C1. The van der Waals surface area contributed by atoms with Crippen molar-refractivity contribution in [2.45, 2.75) is 37.9 Å². The van der Waals surface area contributed by atoms with Crippen LogP contribution in [-0.2, 0) is 17.0 Å². The van der Waals surface area contributed by atoms with E-state index in [1.54, 1.807) is 20.2 Å². The van der Waals surface area contributed by atoms with Crippen LogP contribution in [0, 0.1) is 5.92 Å². The summed E-state index contributed by atoms with van der Waals surface area (Å²) in [7, 11) is 3.38. The molecule has 132 valence electrons. The summed E-state index contributed by atoms with van der Waals surface area (Å²) in [6.07, 6.45) is 2.76. The molecular formula is C18H23Cl2FN2O. The summed E-state index contributed by atoms with van der Waals surface area (Å²) in [5, 5.41) is 0.743. The number of rotatable bonds is 4. The standard InChI is InChI=1S/C18H23Cl2FN2O/c1-22(2)17(24)13-9-18(21,10-13)14-6-5-12(15(19)16(14)20)11-23-7-3-4-8-23/h5-6,13H,3-4,7-11H2,1-2H3/t13-,18+. The molecule has 0 bridgehead atoms. The van der Waals surface area contributed by atoms with Gasteiger partial charge < -0.3 is 4.90 Å². The van der Waals surface area contributed by atoms with E-state index >= 15 is 4.39 Å². The summed E-state index contributed by atoms with van der Waals surface area (Å²) >= 11 is 12.8. The number of alkyl halides is 1. The van der Waals surface area contributed by atoms with E-state index in [0.717, 1.165) is 25.2 Å². The van der Waals surface area contributed by atoms with Crippen LogP contribution < -0.4 is 0 Å². The second-order valence-electron chi connectivity index (χ2n) is 7.19. The van der Waals surface area contributed by atoms with Crippen LogP contribution in [0.5, 0.6) is 0 Å². The third-order valence-corrected chi connectivity index (χ3v) is 6.09. The van der Waals surface area contributed by atoms with Gasteiger partial charge in [0.2, 0.25) is 5.91 Å². The zero-order valence-corrected chi connectivity index (χ0v) is 15.6. The summed E-state index contributed by atoms with van der Waals surface area (Å²) in [6, 6.07) is 3.63. The van der Waals surface area contributed by atoms with Crippen molar-refractivity contribution in [3.05, 3.63) is 33.3 Å². The third-order valence-electron chi connectivity index (χ3n) is 5.17. The molecule has 1 amide bonds. The molecule has 24 heavy (non-hydrogen) atoms. The van der Waals surface area contributed by atoms with Crippen LogP contribution in [0.25, 0.3) is 0 Å². The van der Waals surface area contributed by atoms with Crippen LogP contribution >= 0.6 is 23.2 Å². The molecule has 6 heteroatoms. The lowest BCUT2D eigenvalue weighted by molar-refractivity contribution is -0.142. The number of halogens is 3. The number of nitrogens with zero attached hydrogens (tertiary/aromatic N) is 2. The van der Waals surface area contributed by atoms with Gasteiger partial charge in [-0.1, -0.05) is 35.3 Å². The maximum absolute atomic E-state index is 15.2. The number of carbonyl (C=O) groups excluding carboxylic acids is 1. The number of hydrogen-bond acceptors (Lipinski definition) is 2. The first kappa shape index (κ1) is 18.0. The Bertz CT molecular complexity index is 638. The van der Waals surface area contributed by atoms with Gasteiger partial charge in [-0.25, -0.2) is 4.39 Å². The van der Waals surface area contributed by atoms with Crippen molar-refractivity contribution >= 4 is 29.1 Å². The molecule has 1 saturated carbocycles. The van der Waals surface area contributed by atoms with E-state index in [1.165, 1.54) is 17.7 Å². The van der Waals surface area contributed by atoms with Gasteiger partial charge in [0.05, 0.1) is 10.0 Å². The van der Waals surface area contributed by atoms with Gasteiger partial charge in [-0.2, -0.15) is 0 Å². The minimum Gasteiger partial charge on any atom is -0.349 e. The quantitative estimate of drug-likeness (QED) is 0.788. The molecule has 2 aliphatic rings. The van der Waals surface area contributed by atoms with Gasteiger partial charge >= 0.3 is 0 Å². The smallest absolute Gasteiger partial charge is 0.225 e. The van der Waals surface area contributed by atoms with E-state index in [-0.39, 0.29) is 24.7 Å². The Kier molecular flexibility index (Phi) is 5.10. The van der Waals surface area contributed by atoms with Gasteiger partial charge in [-0.05, 0) is 44.3 Å². The number of carbonyl (C=O) groups is 1. The molecule has 0 atom stereocenters. The van der Waals surface area contributed by atoms with Crippen LogP contribution in [-0.4, -0.2) is 42.9 Å². The summed E-state index contributed by atoms with van der Waals surface area (Å²) in [5.74, 6) is -0.305. The molecule has 1 aromatic carbocycles. The molecule has 0 aromatic heterocycles. The van der Waals surface area contributed by atoms with Crippen molar-refractivity contribution in [2.24, 2.45) is 5.92 Å². The highest BCUT2D eigenvalue weighted by atomic mass is 35.5. The predicted octanol–water partition coefficient (Wildman–Crippen LogP) is 4.25. The highest BCUT2D eigenvalue weighted by Crippen LogP contribution is 2.52. The maximum atomic E-state index is 15.2. The van der Waals surface area contributed by atoms with Gasteiger partial charge in [0.1, 0.15) is 5.67 Å². The molecular weight excluding hydrogens is 350 g/mol. The fourth-order valence-electron chi connectivity index (χ4n) is 3.72. The first-order chi connectivity index (χ1) is 11.3. The summed E-state index contributed by atoms with van der Waals surface area (Å²) in [5.41, 5.74) is -0.193. The summed E-state index contributed by atoms with van der Waals surface area (Å²) in [6.45, 7) is 2.88. The lowest BCUT2D eigenvalue weighted by Crippen LogP contribution is -2.45. The molecule has 0 unspecified atom stereocenters. The minimum absolute atomic E-state index is 0.0313. The van der Waals surface area contributed by atoms with Crippen molar-refractivity contribution in [3.63, 3.8) is 0 Å². The van der Waals surface area contributed by atoms with Crippen molar-refractivity contribution in [1.29, 1.82) is 0 Å². The fourth-order valence-corrected chi connectivity index (χ4v) is 4.30. The Hall–Kier alpha value is -0.840. The number of hydrogen-bond donors (Lipinski definition) is 0. The van der Waals surface area contributed by atoms with Crippen LogP contribution in [0.2, 0.25) is 10.0 Å². The molecule has 1 aromatic rings. The Morgan fingerprint density at radius 3 is 2.46 bits per heavy atom. The number of benzene rings is 1. The molecule has 1 aliphatic carbocycles. The van der Waals surface area contributed by atoms with E-state index in [4.69, 9.17) is 23.2 Å². The van der Waals surface area contributed by atoms with E-state index in [0.29, 0.717) is 15.6 Å². The van der Waals surface area contributed by atoms with Crippen LogP contribution in [0.15, 0.2) is 12.1 Å². The van der Waals surface area contributed by atoms with E-state index in [2.05, 4.69) is 4.90 Å². The van der Waals surface area contributed by atoms with Crippen molar-refractivity contribution in [1.82, 2.24) is 9.80 Å². The lowest BCUT2D eigenvalue weighted by atomic mass is 9.68. The van der Waals surface area contributed by atoms with E-state index in [9.17, 15) is 4.79 Å². The largest absolute Gasteiger partial charge is 0.349 e. The Labute approximate surface area is 152 Å². The molecule has 1 heterocycles. The van der Waals surface area contributed by atoms with Crippen LogP contribution in [0.4, 0.5) is 4.39 Å². The first-order valence-corrected chi connectivity index (χ1v) is 9.17. The molecule has 3 rings (SSSR count). The van der Waals surface area contributed by atoms with Crippen LogP contribution in [0.3, 0.4) is 0 Å². The maximum Gasteiger partial charge on any atom is 0.225 e. The average molecular weight is 373 g/mol. The Morgan fingerprint density at radius 1 is 1.25 bits per heavy atom. The topological polar surface area (TPSA) is 23.6 Å². The molecule has 0 N–H and O–H groups in total. The monoisotopic (exact) mass is 372 g/mol. The molecule has 0 radical (unpaired) electrons. The van der Waals surface area contributed by atoms with E-state index < -0.39 is 5.67 Å². The Balaban J connectivity index is 1.75. The van der Waals surface area contributed by atoms with Gasteiger partial charge in [-0.3, -0.25) is 9.69 Å². The van der Waals surface area contributed by atoms with Crippen molar-refractivity contribution in [2.75, 3.05) is 27.2 Å². The number of likely N-dealkylation sites (tertiary alicyclic amines) is 1. The van der Waals surface area contributed by atoms with Crippen molar-refractivity contribution in [3.8, 4) is 0 Å². The van der Waals surface area contributed by atoms with Crippen LogP contribution in [0.1, 0.15) is 36.8 Å². The average Bonchev–Trinajstić information content (AvgIpc) is 3.01. The van der Waals surface area contributed by atoms with E-state index in [1.807, 2.05) is 6.07 Å². The molecule has 1 aliphatic heterocycles. The normalized spacial score (nSPS) is 27.1. The zero-order valence-electron chi connectivity index (χ0n) is 14.1. The van der Waals surface area contributed by atoms with Gasteiger partial charge in [0.25, 0.3) is 0 Å². The first-order valence-electron chi connectivity index (χ1n) is 8.41. The molecule has 2 fully saturated rings. The summed E-state index contributed by atoms with van der Waals surface area (Å²) in [4.78, 5) is 15.8. The minimum atomic E-state index is -1.55. The molecule has 3 nitrogen and oxygen atoms in total. The second kappa shape index (κ2) is 6.81. The Morgan fingerprint density at radius 2 is 1.88 bits per heavy atom. The van der Waals surface area contributed by atoms with Gasteiger partial charge in [-0.15, -0.1) is 0 Å². The van der Waals surface area contributed by atoms with Gasteiger partial charge in [0.15, 0.2) is 0 Å². The van der Waals surface area contributed by atoms with Gasteiger partial charge in [0, 0.05) is 32.1 Å². The highest BCUT2D eigenvalue weighted by molar-refractivity contribution is 6.43. The zero-order chi connectivity index (χ0) is 17.5. The summed E-state index contributed by atoms with van der Waals surface area (Å²) < 4.78 is 15.2. The molecule has 0 spiro atoms. The second-order valence-corrected chi connectivity index (χ2v) is 7.94. The van der Waals surface area contributed by atoms with Crippen molar-refractivity contribution < 1.29 is 9.18 Å². The fraction of sp³-hybridized carbons (Fsp3) is 0.611. The number of amides is 1. The lowest BCUT2D eigenvalue weighted by Gasteiger charge is -2.42. The predicted molar refractivity (Wildman–Crippen MR) is 95.2 cm³/mol.